The summed E-state index contributed by atoms with van der Waals surface area (Å²) in [6, 6.07) is 7.70. The highest BCUT2D eigenvalue weighted by molar-refractivity contribution is 7.99. The van der Waals surface area contributed by atoms with Crippen LogP contribution in [0.5, 0.6) is 5.75 Å². The van der Waals surface area contributed by atoms with Gasteiger partial charge in [-0.3, -0.25) is 10.1 Å². The first-order valence-electron chi connectivity index (χ1n) is 5.96. The van der Waals surface area contributed by atoms with E-state index >= 15 is 0 Å². The molecule has 0 bridgehead atoms. The molecule has 0 aliphatic carbocycles. The Labute approximate surface area is 124 Å². The number of rotatable bonds is 4. The number of amides is 1. The fourth-order valence-corrected chi connectivity index (χ4v) is 2.80. The Bertz CT molecular complexity index is 408. The number of methoxy groups -OCH3 is 1. The largest absolute Gasteiger partial charge is 0.497 e. The molecule has 2 N–H and O–H groups in total. The van der Waals surface area contributed by atoms with Crippen LogP contribution in [-0.2, 0) is 4.79 Å². The normalized spacial score (nSPS) is 19.4. The smallest absolute Gasteiger partial charge is 0.238 e. The molecule has 0 radical (unpaired) electrons. The maximum Gasteiger partial charge on any atom is 0.238 e. The molecule has 2 rings (SSSR count). The lowest BCUT2D eigenvalue weighted by molar-refractivity contribution is -0.123. The summed E-state index contributed by atoms with van der Waals surface area (Å²) in [7, 11) is 1.64. The molecule has 0 aromatic heterocycles. The van der Waals surface area contributed by atoms with E-state index in [2.05, 4.69) is 10.6 Å². The highest BCUT2D eigenvalue weighted by atomic mass is 35.5. The van der Waals surface area contributed by atoms with Gasteiger partial charge in [0, 0.05) is 11.6 Å². The van der Waals surface area contributed by atoms with Gasteiger partial charge in [0.15, 0.2) is 0 Å². The van der Waals surface area contributed by atoms with E-state index in [1.807, 2.05) is 31.2 Å². The summed E-state index contributed by atoms with van der Waals surface area (Å²) < 4.78 is 5.11. The van der Waals surface area contributed by atoms with E-state index in [9.17, 15) is 4.79 Å². The third kappa shape index (κ3) is 4.30. The minimum atomic E-state index is -0.0595. The summed E-state index contributed by atoms with van der Waals surface area (Å²) in [5.41, 5.74) is 1.08. The SMILES string of the molecule is COc1ccc(C(C)NC(=O)C2CSCN2)cc1.Cl. The van der Waals surface area contributed by atoms with Crippen LogP contribution in [0, 0.1) is 0 Å². The number of benzene rings is 1. The standard InChI is InChI=1S/C13H18N2O2S.ClH/c1-9(10-3-5-11(17-2)6-4-10)15-13(16)12-7-18-8-14-12;/h3-6,9,12,14H,7-8H2,1-2H3,(H,15,16);1H. The summed E-state index contributed by atoms with van der Waals surface area (Å²) >= 11 is 1.75. The maximum absolute atomic E-state index is 11.9. The summed E-state index contributed by atoms with van der Waals surface area (Å²) in [5.74, 6) is 2.60. The number of halogens is 1. The maximum atomic E-state index is 11.9. The van der Waals surface area contributed by atoms with Gasteiger partial charge < -0.3 is 10.1 Å². The highest BCUT2D eigenvalue weighted by Crippen LogP contribution is 2.18. The number of hydrogen-bond donors (Lipinski definition) is 2. The number of nitrogens with one attached hydrogen (secondary N) is 2. The van der Waals surface area contributed by atoms with E-state index < -0.39 is 0 Å². The lowest BCUT2D eigenvalue weighted by Gasteiger charge is -2.17. The number of thioether (sulfide) groups is 1. The third-order valence-corrected chi connectivity index (χ3v) is 3.95. The molecule has 4 nitrogen and oxygen atoms in total. The van der Waals surface area contributed by atoms with E-state index in [0.717, 1.165) is 22.9 Å². The van der Waals surface area contributed by atoms with Crippen molar-refractivity contribution in [2.75, 3.05) is 18.7 Å². The molecule has 6 heteroatoms. The van der Waals surface area contributed by atoms with Gasteiger partial charge in [-0.2, -0.15) is 0 Å². The molecule has 1 aromatic carbocycles. The molecule has 0 spiro atoms. The minimum absolute atomic E-state index is 0. The lowest BCUT2D eigenvalue weighted by atomic mass is 10.1. The number of carbonyl (C=O) groups excluding carboxylic acids is 1. The molecule has 1 heterocycles. The van der Waals surface area contributed by atoms with Gasteiger partial charge in [0.05, 0.1) is 19.2 Å². The van der Waals surface area contributed by atoms with Gasteiger partial charge >= 0.3 is 0 Å². The summed E-state index contributed by atoms with van der Waals surface area (Å²) in [6.45, 7) is 1.99. The Morgan fingerprint density at radius 3 is 2.68 bits per heavy atom. The second-order valence-electron chi connectivity index (χ2n) is 4.28. The Kier molecular flexibility index (Phi) is 6.48. The van der Waals surface area contributed by atoms with Gasteiger partial charge in [0.2, 0.25) is 5.91 Å². The van der Waals surface area contributed by atoms with Gasteiger partial charge in [-0.1, -0.05) is 12.1 Å². The second kappa shape index (κ2) is 7.62. The third-order valence-electron chi connectivity index (χ3n) is 3.01. The van der Waals surface area contributed by atoms with E-state index in [0.29, 0.717) is 0 Å². The first kappa shape index (κ1) is 16.1. The molecule has 1 aromatic rings. The minimum Gasteiger partial charge on any atom is -0.497 e. The molecule has 19 heavy (non-hydrogen) atoms. The lowest BCUT2D eigenvalue weighted by Crippen LogP contribution is -2.42. The van der Waals surface area contributed by atoms with Crippen molar-refractivity contribution < 1.29 is 9.53 Å². The average Bonchev–Trinajstić information content (AvgIpc) is 2.92. The Morgan fingerprint density at radius 2 is 2.16 bits per heavy atom. The van der Waals surface area contributed by atoms with E-state index in [-0.39, 0.29) is 30.4 Å². The first-order chi connectivity index (χ1) is 8.70. The van der Waals surface area contributed by atoms with Gasteiger partial charge in [-0.25, -0.2) is 0 Å². The molecule has 1 fully saturated rings. The van der Waals surface area contributed by atoms with Crippen molar-refractivity contribution in [3.8, 4) is 5.75 Å². The topological polar surface area (TPSA) is 50.4 Å². The van der Waals surface area contributed by atoms with Crippen molar-refractivity contribution >= 4 is 30.1 Å². The summed E-state index contributed by atoms with van der Waals surface area (Å²) in [5, 5.41) is 6.18. The number of carbonyl (C=O) groups is 1. The Balaban J connectivity index is 0.00000180. The Hall–Kier alpha value is -0.910. The van der Waals surface area contributed by atoms with Crippen molar-refractivity contribution in [3.05, 3.63) is 29.8 Å². The van der Waals surface area contributed by atoms with Crippen molar-refractivity contribution in [3.63, 3.8) is 0 Å². The fraction of sp³-hybridized carbons (Fsp3) is 0.462. The van der Waals surface area contributed by atoms with Gasteiger partial charge in [0.25, 0.3) is 0 Å². The molecule has 1 aliphatic rings. The monoisotopic (exact) mass is 302 g/mol. The van der Waals surface area contributed by atoms with Crippen LogP contribution in [0.25, 0.3) is 0 Å². The van der Waals surface area contributed by atoms with Crippen molar-refractivity contribution in [1.29, 1.82) is 0 Å². The fourth-order valence-electron chi connectivity index (χ4n) is 1.85. The van der Waals surface area contributed by atoms with E-state index in [1.54, 1.807) is 18.9 Å². The molecule has 1 amide bonds. The van der Waals surface area contributed by atoms with Crippen LogP contribution < -0.4 is 15.4 Å². The molecular weight excluding hydrogens is 284 g/mol. The van der Waals surface area contributed by atoms with Crippen molar-refractivity contribution in [1.82, 2.24) is 10.6 Å². The van der Waals surface area contributed by atoms with Crippen LogP contribution in [0.4, 0.5) is 0 Å². The molecule has 0 saturated carbocycles. The molecule has 1 saturated heterocycles. The van der Waals surface area contributed by atoms with Crippen LogP contribution in [0.1, 0.15) is 18.5 Å². The van der Waals surface area contributed by atoms with Gasteiger partial charge in [-0.05, 0) is 24.6 Å². The van der Waals surface area contributed by atoms with Gasteiger partial charge in [0.1, 0.15) is 5.75 Å². The molecule has 2 unspecified atom stereocenters. The van der Waals surface area contributed by atoms with Crippen LogP contribution in [0.3, 0.4) is 0 Å². The van der Waals surface area contributed by atoms with Crippen LogP contribution in [0.2, 0.25) is 0 Å². The zero-order chi connectivity index (χ0) is 13.0. The molecule has 106 valence electrons. The van der Waals surface area contributed by atoms with E-state index in [4.69, 9.17) is 4.74 Å². The van der Waals surface area contributed by atoms with Gasteiger partial charge in [-0.15, -0.1) is 24.2 Å². The quantitative estimate of drug-likeness (QED) is 0.893. The molecule has 2 atom stereocenters. The van der Waals surface area contributed by atoms with Crippen LogP contribution in [0.15, 0.2) is 24.3 Å². The zero-order valence-corrected chi connectivity index (χ0v) is 12.6. The first-order valence-corrected chi connectivity index (χ1v) is 7.11. The summed E-state index contributed by atoms with van der Waals surface area (Å²) in [6.07, 6.45) is 0. The predicted molar refractivity (Wildman–Crippen MR) is 81.0 cm³/mol. The Morgan fingerprint density at radius 1 is 1.47 bits per heavy atom. The van der Waals surface area contributed by atoms with Crippen molar-refractivity contribution in [2.24, 2.45) is 0 Å². The number of ether oxygens (including phenoxy) is 1. The molecular formula is C13H19ClN2O2S. The highest BCUT2D eigenvalue weighted by Gasteiger charge is 2.23. The van der Waals surface area contributed by atoms with Crippen molar-refractivity contribution in [2.45, 2.75) is 19.0 Å². The van der Waals surface area contributed by atoms with Crippen LogP contribution >= 0.6 is 24.2 Å². The summed E-state index contributed by atoms with van der Waals surface area (Å²) in [4.78, 5) is 11.9. The zero-order valence-electron chi connectivity index (χ0n) is 11.0. The average molecular weight is 303 g/mol. The second-order valence-corrected chi connectivity index (χ2v) is 5.31. The predicted octanol–water partition coefficient (Wildman–Crippen LogP) is 1.96. The number of hydrogen-bond acceptors (Lipinski definition) is 4. The molecule has 1 aliphatic heterocycles. The van der Waals surface area contributed by atoms with E-state index in [1.165, 1.54) is 0 Å². The van der Waals surface area contributed by atoms with Crippen LogP contribution in [-0.4, -0.2) is 30.7 Å².